The van der Waals surface area contributed by atoms with E-state index in [2.05, 4.69) is 24.5 Å². The average molecular weight is 246 g/mol. The third kappa shape index (κ3) is 15.8. The predicted octanol–water partition coefficient (Wildman–Crippen LogP) is 1.76. The fourth-order valence-corrected chi connectivity index (χ4v) is 1.32. The van der Waals surface area contributed by atoms with Crippen molar-refractivity contribution in [3.05, 3.63) is 0 Å². The summed E-state index contributed by atoms with van der Waals surface area (Å²) >= 11 is 0. The molecule has 0 spiro atoms. The van der Waals surface area contributed by atoms with E-state index in [0.29, 0.717) is 6.79 Å². The summed E-state index contributed by atoms with van der Waals surface area (Å²) in [7, 11) is 0. The highest BCUT2D eigenvalue weighted by Gasteiger charge is 1.90. The first-order chi connectivity index (χ1) is 8.41. The highest BCUT2D eigenvalue weighted by atomic mass is 16.7. The molecule has 0 amide bonds. The van der Waals surface area contributed by atoms with Crippen LogP contribution >= 0.6 is 0 Å². The van der Waals surface area contributed by atoms with Gasteiger partial charge in [0, 0.05) is 13.1 Å². The molecule has 0 aromatic rings. The Balaban J connectivity index is 2.85. The molecule has 0 aromatic heterocycles. The summed E-state index contributed by atoms with van der Waals surface area (Å²) < 4.78 is 10.7. The van der Waals surface area contributed by atoms with Gasteiger partial charge in [-0.1, -0.05) is 26.7 Å². The van der Waals surface area contributed by atoms with E-state index < -0.39 is 0 Å². The van der Waals surface area contributed by atoms with Gasteiger partial charge < -0.3 is 20.1 Å². The molecule has 4 heteroatoms. The maximum atomic E-state index is 5.33. The smallest absolute Gasteiger partial charge is 0.146 e. The zero-order valence-corrected chi connectivity index (χ0v) is 11.6. The number of hydrogen-bond donors (Lipinski definition) is 2. The van der Waals surface area contributed by atoms with Crippen LogP contribution in [-0.4, -0.2) is 46.2 Å². The molecule has 0 rings (SSSR count). The molecule has 0 aliphatic carbocycles. The predicted molar refractivity (Wildman–Crippen MR) is 72.3 cm³/mol. The highest BCUT2D eigenvalue weighted by molar-refractivity contribution is 4.46. The summed E-state index contributed by atoms with van der Waals surface area (Å²) in [6.07, 6.45) is 4.95. The molecule has 104 valence electrons. The van der Waals surface area contributed by atoms with Gasteiger partial charge in [0.1, 0.15) is 6.79 Å². The van der Waals surface area contributed by atoms with Crippen molar-refractivity contribution in [1.29, 1.82) is 0 Å². The first-order valence-corrected chi connectivity index (χ1v) is 6.98. The Morgan fingerprint density at radius 2 is 1.18 bits per heavy atom. The maximum Gasteiger partial charge on any atom is 0.146 e. The van der Waals surface area contributed by atoms with Crippen molar-refractivity contribution < 1.29 is 9.47 Å². The zero-order valence-electron chi connectivity index (χ0n) is 11.6. The Labute approximate surface area is 106 Å². The summed E-state index contributed by atoms with van der Waals surface area (Å²) in [4.78, 5) is 0. The molecule has 0 aliphatic heterocycles. The van der Waals surface area contributed by atoms with Crippen LogP contribution in [0.15, 0.2) is 0 Å². The highest BCUT2D eigenvalue weighted by Crippen LogP contribution is 1.83. The Hall–Kier alpha value is -0.160. The van der Waals surface area contributed by atoms with Gasteiger partial charge in [0.2, 0.25) is 0 Å². The summed E-state index contributed by atoms with van der Waals surface area (Å²) in [6.45, 7) is 10.3. The van der Waals surface area contributed by atoms with Crippen molar-refractivity contribution in [1.82, 2.24) is 10.6 Å². The minimum atomic E-state index is 0.408. The summed E-state index contributed by atoms with van der Waals surface area (Å²) in [6, 6.07) is 0. The van der Waals surface area contributed by atoms with Gasteiger partial charge >= 0.3 is 0 Å². The van der Waals surface area contributed by atoms with Crippen LogP contribution in [0.5, 0.6) is 0 Å². The Morgan fingerprint density at radius 3 is 1.59 bits per heavy atom. The molecular formula is C13H30N2O2. The van der Waals surface area contributed by atoms with Crippen LogP contribution < -0.4 is 10.6 Å². The van der Waals surface area contributed by atoms with Crippen molar-refractivity contribution in [2.24, 2.45) is 0 Å². The SMILES string of the molecule is CCCCNCCOCOCCNCCCC. The van der Waals surface area contributed by atoms with Crippen molar-refractivity contribution >= 4 is 0 Å². The summed E-state index contributed by atoms with van der Waals surface area (Å²) in [5, 5.41) is 6.64. The molecule has 0 unspecified atom stereocenters. The van der Waals surface area contributed by atoms with Crippen LogP contribution in [0.1, 0.15) is 39.5 Å². The lowest BCUT2D eigenvalue weighted by Gasteiger charge is -2.07. The first kappa shape index (κ1) is 16.8. The van der Waals surface area contributed by atoms with Gasteiger partial charge in [-0.25, -0.2) is 0 Å². The van der Waals surface area contributed by atoms with Gasteiger partial charge in [-0.15, -0.1) is 0 Å². The van der Waals surface area contributed by atoms with Crippen LogP contribution in [-0.2, 0) is 9.47 Å². The third-order valence-electron chi connectivity index (χ3n) is 2.43. The van der Waals surface area contributed by atoms with Gasteiger partial charge in [-0.2, -0.15) is 0 Å². The minimum absolute atomic E-state index is 0.408. The van der Waals surface area contributed by atoms with Crippen molar-refractivity contribution in [3.8, 4) is 0 Å². The molecule has 0 heterocycles. The van der Waals surface area contributed by atoms with Gasteiger partial charge in [-0.05, 0) is 25.9 Å². The number of nitrogens with one attached hydrogen (secondary N) is 2. The van der Waals surface area contributed by atoms with E-state index in [9.17, 15) is 0 Å². The summed E-state index contributed by atoms with van der Waals surface area (Å²) in [5.41, 5.74) is 0. The molecule has 0 fully saturated rings. The lowest BCUT2D eigenvalue weighted by atomic mass is 10.3. The standard InChI is InChI=1S/C13H30N2O2/c1-3-5-7-14-9-11-16-13-17-12-10-15-8-6-4-2/h14-15H,3-13H2,1-2H3. The molecule has 17 heavy (non-hydrogen) atoms. The van der Waals surface area contributed by atoms with Crippen LogP contribution in [0.3, 0.4) is 0 Å². The summed E-state index contributed by atoms with van der Waals surface area (Å²) in [5.74, 6) is 0. The van der Waals surface area contributed by atoms with Crippen molar-refractivity contribution in [2.45, 2.75) is 39.5 Å². The molecular weight excluding hydrogens is 216 g/mol. The fraction of sp³-hybridized carbons (Fsp3) is 1.00. The Kier molecular flexibility index (Phi) is 15.7. The van der Waals surface area contributed by atoms with Crippen LogP contribution in [0.4, 0.5) is 0 Å². The third-order valence-corrected chi connectivity index (χ3v) is 2.43. The van der Waals surface area contributed by atoms with Crippen molar-refractivity contribution in [3.63, 3.8) is 0 Å². The maximum absolute atomic E-state index is 5.33. The van der Waals surface area contributed by atoms with E-state index in [1.165, 1.54) is 25.7 Å². The zero-order chi connectivity index (χ0) is 12.6. The fourth-order valence-electron chi connectivity index (χ4n) is 1.32. The largest absolute Gasteiger partial charge is 0.354 e. The second-order valence-electron chi connectivity index (χ2n) is 4.14. The quantitative estimate of drug-likeness (QED) is 0.362. The van der Waals surface area contributed by atoms with Crippen LogP contribution in [0.2, 0.25) is 0 Å². The second-order valence-corrected chi connectivity index (χ2v) is 4.14. The molecule has 0 bridgehead atoms. The normalized spacial score (nSPS) is 10.9. The number of unbranched alkanes of at least 4 members (excludes halogenated alkanes) is 2. The molecule has 0 atom stereocenters. The van der Waals surface area contributed by atoms with E-state index in [0.717, 1.165) is 39.4 Å². The monoisotopic (exact) mass is 246 g/mol. The van der Waals surface area contributed by atoms with Crippen LogP contribution in [0, 0.1) is 0 Å². The van der Waals surface area contributed by atoms with E-state index in [1.54, 1.807) is 0 Å². The average Bonchev–Trinajstić information content (AvgIpc) is 2.35. The molecule has 2 N–H and O–H groups in total. The van der Waals surface area contributed by atoms with Gasteiger partial charge in [0.05, 0.1) is 13.2 Å². The number of ether oxygens (including phenoxy) is 2. The Morgan fingerprint density at radius 1 is 0.706 bits per heavy atom. The molecule has 0 aromatic carbocycles. The van der Waals surface area contributed by atoms with Crippen LogP contribution in [0.25, 0.3) is 0 Å². The van der Waals surface area contributed by atoms with Gasteiger partial charge in [0.25, 0.3) is 0 Å². The molecule has 0 radical (unpaired) electrons. The number of rotatable bonds is 14. The molecule has 4 nitrogen and oxygen atoms in total. The van der Waals surface area contributed by atoms with Gasteiger partial charge in [0.15, 0.2) is 0 Å². The number of hydrogen-bond acceptors (Lipinski definition) is 4. The Bertz CT molecular complexity index is 121. The molecule has 0 saturated carbocycles. The second kappa shape index (κ2) is 15.8. The van der Waals surface area contributed by atoms with E-state index in [-0.39, 0.29) is 0 Å². The first-order valence-electron chi connectivity index (χ1n) is 6.98. The molecule has 0 aliphatic rings. The van der Waals surface area contributed by atoms with Gasteiger partial charge in [-0.3, -0.25) is 0 Å². The lowest BCUT2D eigenvalue weighted by Crippen LogP contribution is -2.23. The van der Waals surface area contributed by atoms with E-state index >= 15 is 0 Å². The molecule has 0 saturated heterocycles. The van der Waals surface area contributed by atoms with Crippen molar-refractivity contribution in [2.75, 3.05) is 46.2 Å². The van der Waals surface area contributed by atoms with E-state index in [1.807, 2.05) is 0 Å². The lowest BCUT2D eigenvalue weighted by molar-refractivity contribution is -0.0510. The van der Waals surface area contributed by atoms with E-state index in [4.69, 9.17) is 9.47 Å². The topological polar surface area (TPSA) is 42.5 Å². The minimum Gasteiger partial charge on any atom is -0.354 e.